The summed E-state index contributed by atoms with van der Waals surface area (Å²) in [5.41, 5.74) is 0. The minimum Gasteiger partial charge on any atom is -0.294 e. The second-order valence-corrected chi connectivity index (χ2v) is 1.65. The maximum Gasteiger partial charge on any atom is 0.155 e. The monoisotopic (exact) mass is 128 g/mol. The van der Waals surface area contributed by atoms with E-state index in [4.69, 9.17) is 5.90 Å². The summed E-state index contributed by atoms with van der Waals surface area (Å²) < 4.78 is 0. The zero-order valence-corrected chi connectivity index (χ0v) is 5.03. The van der Waals surface area contributed by atoms with E-state index in [1.54, 1.807) is 6.92 Å². The van der Waals surface area contributed by atoms with E-state index in [0.29, 0.717) is 5.82 Å². The van der Waals surface area contributed by atoms with Crippen molar-refractivity contribution in [3.05, 3.63) is 12.2 Å². The van der Waals surface area contributed by atoms with E-state index in [0.717, 1.165) is 0 Å². The maximum absolute atomic E-state index is 4.88. The Hall–Kier alpha value is -0.940. The molecule has 5 nitrogen and oxygen atoms in total. The zero-order chi connectivity index (χ0) is 6.69. The lowest BCUT2D eigenvalue weighted by Gasteiger charge is -2.01. The van der Waals surface area contributed by atoms with Crippen LogP contribution in [0.15, 0.2) is 6.33 Å². The van der Waals surface area contributed by atoms with Crippen molar-refractivity contribution in [2.45, 2.75) is 13.0 Å². The number of H-pyrrole nitrogens is 1. The Morgan fingerprint density at radius 1 is 1.89 bits per heavy atom. The highest BCUT2D eigenvalue weighted by Gasteiger charge is 2.04. The summed E-state index contributed by atoms with van der Waals surface area (Å²) in [6.07, 6.45) is 1.19. The van der Waals surface area contributed by atoms with Gasteiger partial charge in [0.05, 0.1) is 0 Å². The molecule has 5 heteroatoms. The lowest BCUT2D eigenvalue weighted by atomic mass is 10.4. The van der Waals surface area contributed by atoms with E-state index in [9.17, 15) is 0 Å². The second kappa shape index (κ2) is 2.56. The van der Waals surface area contributed by atoms with Gasteiger partial charge in [0.15, 0.2) is 5.82 Å². The second-order valence-electron chi connectivity index (χ2n) is 1.65. The highest BCUT2D eigenvalue weighted by molar-refractivity contribution is 4.83. The predicted molar refractivity (Wildman–Crippen MR) is 30.1 cm³/mol. The lowest BCUT2D eigenvalue weighted by Crippen LogP contribution is -2.06. The number of rotatable bonds is 2. The molecule has 50 valence electrons. The summed E-state index contributed by atoms with van der Waals surface area (Å²) in [5.74, 6) is 5.51. The van der Waals surface area contributed by atoms with Gasteiger partial charge in [0, 0.05) is 0 Å². The molecular weight excluding hydrogens is 120 g/mol. The molecule has 0 radical (unpaired) electrons. The van der Waals surface area contributed by atoms with Crippen molar-refractivity contribution in [3.8, 4) is 0 Å². The van der Waals surface area contributed by atoms with E-state index in [2.05, 4.69) is 20.0 Å². The van der Waals surface area contributed by atoms with Crippen molar-refractivity contribution in [3.63, 3.8) is 0 Å². The van der Waals surface area contributed by atoms with Crippen LogP contribution in [0.1, 0.15) is 18.9 Å². The number of nitrogens with zero attached hydrogens (tertiary/aromatic N) is 2. The Balaban J connectivity index is 2.65. The molecular formula is C4H8N4O. The normalized spacial score (nSPS) is 13.6. The molecule has 1 aromatic rings. The van der Waals surface area contributed by atoms with Crippen molar-refractivity contribution >= 4 is 0 Å². The smallest absolute Gasteiger partial charge is 0.155 e. The summed E-state index contributed by atoms with van der Waals surface area (Å²) in [5, 5.41) is 6.24. The Kier molecular flexibility index (Phi) is 1.76. The molecule has 0 aliphatic heterocycles. The van der Waals surface area contributed by atoms with Gasteiger partial charge in [-0.25, -0.2) is 10.9 Å². The minimum absolute atomic E-state index is 0.215. The number of aromatic nitrogens is 3. The van der Waals surface area contributed by atoms with Gasteiger partial charge < -0.3 is 0 Å². The highest BCUT2D eigenvalue weighted by atomic mass is 16.6. The molecule has 1 heterocycles. The molecule has 1 aromatic heterocycles. The van der Waals surface area contributed by atoms with Gasteiger partial charge in [-0.3, -0.25) is 9.94 Å². The number of nitrogens with one attached hydrogen (secondary N) is 1. The molecule has 1 atom stereocenters. The molecule has 0 saturated heterocycles. The first-order valence-corrected chi connectivity index (χ1v) is 2.55. The van der Waals surface area contributed by atoms with E-state index in [1.807, 2.05) is 0 Å². The van der Waals surface area contributed by atoms with Gasteiger partial charge in [-0.05, 0) is 6.92 Å². The van der Waals surface area contributed by atoms with Crippen LogP contribution in [0.4, 0.5) is 0 Å². The van der Waals surface area contributed by atoms with Gasteiger partial charge >= 0.3 is 0 Å². The van der Waals surface area contributed by atoms with Crippen molar-refractivity contribution in [1.82, 2.24) is 15.2 Å². The number of hydrogen-bond donors (Lipinski definition) is 2. The maximum atomic E-state index is 4.88. The summed E-state index contributed by atoms with van der Waals surface area (Å²) in [6, 6.07) is 0. The highest BCUT2D eigenvalue weighted by Crippen LogP contribution is 2.05. The van der Waals surface area contributed by atoms with Crippen molar-refractivity contribution in [1.29, 1.82) is 0 Å². The van der Waals surface area contributed by atoms with Gasteiger partial charge in [0.1, 0.15) is 12.4 Å². The van der Waals surface area contributed by atoms with Crippen molar-refractivity contribution < 1.29 is 4.84 Å². The summed E-state index contributed by atoms with van der Waals surface area (Å²) in [4.78, 5) is 8.28. The van der Waals surface area contributed by atoms with E-state index in [-0.39, 0.29) is 6.10 Å². The molecule has 0 saturated carbocycles. The zero-order valence-electron chi connectivity index (χ0n) is 5.03. The fourth-order valence-corrected chi connectivity index (χ4v) is 0.475. The molecule has 0 bridgehead atoms. The average molecular weight is 128 g/mol. The Morgan fingerprint density at radius 2 is 2.67 bits per heavy atom. The van der Waals surface area contributed by atoms with Crippen LogP contribution in [0, 0.1) is 0 Å². The van der Waals surface area contributed by atoms with Crippen molar-refractivity contribution in [2.75, 3.05) is 0 Å². The first-order chi connectivity index (χ1) is 4.34. The number of hydrogen-bond acceptors (Lipinski definition) is 4. The van der Waals surface area contributed by atoms with Gasteiger partial charge in [0.25, 0.3) is 0 Å². The van der Waals surface area contributed by atoms with E-state index in [1.165, 1.54) is 6.33 Å². The third kappa shape index (κ3) is 1.24. The first-order valence-electron chi connectivity index (χ1n) is 2.55. The molecule has 9 heavy (non-hydrogen) atoms. The summed E-state index contributed by atoms with van der Waals surface area (Å²) >= 11 is 0. The molecule has 0 aliphatic rings. The molecule has 0 aromatic carbocycles. The molecule has 0 fully saturated rings. The lowest BCUT2D eigenvalue weighted by molar-refractivity contribution is 0.0604. The van der Waals surface area contributed by atoms with Crippen LogP contribution in [0.25, 0.3) is 0 Å². The quantitative estimate of drug-likeness (QED) is 0.539. The van der Waals surface area contributed by atoms with Crippen LogP contribution in [-0.4, -0.2) is 15.2 Å². The molecule has 0 spiro atoms. The van der Waals surface area contributed by atoms with Crippen LogP contribution in [0.5, 0.6) is 0 Å². The predicted octanol–water partition coefficient (Wildman–Crippen LogP) is -0.244. The molecule has 1 rings (SSSR count). The fraction of sp³-hybridized carbons (Fsp3) is 0.500. The first kappa shape index (κ1) is 6.18. The molecule has 3 N–H and O–H groups in total. The van der Waals surface area contributed by atoms with Crippen LogP contribution in [-0.2, 0) is 4.84 Å². The molecule has 0 aliphatic carbocycles. The van der Waals surface area contributed by atoms with Crippen molar-refractivity contribution in [2.24, 2.45) is 5.90 Å². The van der Waals surface area contributed by atoms with E-state index < -0.39 is 0 Å². The Labute approximate surface area is 52.2 Å². The number of nitrogens with two attached hydrogens (primary N) is 1. The molecule has 0 unspecified atom stereocenters. The standard InChI is InChI=1S/C4H8N4O/c1-3(9-5)4-6-2-7-8-4/h2-3H,5H2,1H3,(H,6,7,8)/t3-/m0/s1. The Morgan fingerprint density at radius 3 is 3.11 bits per heavy atom. The van der Waals surface area contributed by atoms with Crippen LogP contribution < -0.4 is 5.90 Å². The van der Waals surface area contributed by atoms with Crippen LogP contribution >= 0.6 is 0 Å². The third-order valence-electron chi connectivity index (χ3n) is 1.02. The average Bonchev–Trinajstić information content (AvgIpc) is 2.37. The molecule has 0 amide bonds. The minimum atomic E-state index is -0.215. The Bertz CT molecular complexity index is 161. The topological polar surface area (TPSA) is 76.8 Å². The third-order valence-corrected chi connectivity index (χ3v) is 1.02. The van der Waals surface area contributed by atoms with Crippen LogP contribution in [0.3, 0.4) is 0 Å². The van der Waals surface area contributed by atoms with E-state index >= 15 is 0 Å². The van der Waals surface area contributed by atoms with Gasteiger partial charge in [-0.2, -0.15) is 5.10 Å². The summed E-state index contributed by atoms with van der Waals surface area (Å²) in [6.45, 7) is 1.78. The van der Waals surface area contributed by atoms with Gasteiger partial charge in [-0.15, -0.1) is 0 Å². The largest absolute Gasteiger partial charge is 0.294 e. The van der Waals surface area contributed by atoms with Gasteiger partial charge in [-0.1, -0.05) is 0 Å². The SMILES string of the molecule is C[C@H](ON)c1ncn[nH]1. The summed E-state index contributed by atoms with van der Waals surface area (Å²) in [7, 11) is 0. The van der Waals surface area contributed by atoms with Crippen LogP contribution in [0.2, 0.25) is 0 Å². The van der Waals surface area contributed by atoms with Gasteiger partial charge in [0.2, 0.25) is 0 Å². The number of aromatic amines is 1. The fourth-order valence-electron chi connectivity index (χ4n) is 0.475.